The highest BCUT2D eigenvalue weighted by atomic mass is 16.5. The van der Waals surface area contributed by atoms with Crippen LogP contribution >= 0.6 is 0 Å². The van der Waals surface area contributed by atoms with Crippen molar-refractivity contribution in [3.05, 3.63) is 11.1 Å². The Morgan fingerprint density at radius 3 is 2.39 bits per heavy atom. The van der Waals surface area contributed by atoms with Crippen LogP contribution in [-0.4, -0.2) is 29.9 Å². The Kier molecular flexibility index (Phi) is 4.71. The lowest BCUT2D eigenvalue weighted by molar-refractivity contribution is -0.154. The average molecular weight is 389 g/mol. The Morgan fingerprint density at radius 2 is 1.71 bits per heavy atom. The molecule has 28 heavy (non-hydrogen) atoms. The number of hydrogen-bond donors (Lipinski definition) is 0. The molecule has 5 nitrogen and oxygen atoms in total. The summed E-state index contributed by atoms with van der Waals surface area (Å²) >= 11 is 0. The van der Waals surface area contributed by atoms with E-state index >= 15 is 0 Å². The molecule has 2 fully saturated rings. The second kappa shape index (κ2) is 6.70. The second-order valence-electron chi connectivity index (χ2n) is 9.89. The van der Waals surface area contributed by atoms with Gasteiger partial charge in [-0.2, -0.15) is 0 Å². The lowest BCUT2D eigenvalue weighted by atomic mass is 9.51. The molecule has 0 spiro atoms. The van der Waals surface area contributed by atoms with Gasteiger partial charge < -0.3 is 9.47 Å². The molecule has 0 radical (unpaired) electrons. The van der Waals surface area contributed by atoms with Gasteiger partial charge in [-0.05, 0) is 62.2 Å². The molecule has 0 amide bonds. The lowest BCUT2D eigenvalue weighted by Crippen LogP contribution is -2.50. The summed E-state index contributed by atoms with van der Waals surface area (Å²) < 4.78 is 11.1. The van der Waals surface area contributed by atoms with E-state index in [4.69, 9.17) is 9.47 Å². The molecule has 4 aliphatic carbocycles. The van der Waals surface area contributed by atoms with E-state index in [0.29, 0.717) is 18.3 Å². The molecule has 2 saturated carbocycles. The summed E-state index contributed by atoms with van der Waals surface area (Å²) in [6.07, 6.45) is 6.73. The number of Topliss-reactive ketones (excluding diaryl/α,β-unsaturated/α-hetero) is 1. The van der Waals surface area contributed by atoms with Crippen LogP contribution in [-0.2, 0) is 23.9 Å². The van der Waals surface area contributed by atoms with Crippen LogP contribution in [0, 0.1) is 22.7 Å². The molecule has 4 rings (SSSR count). The largest absolute Gasteiger partial charge is 0.463 e. The van der Waals surface area contributed by atoms with Crippen molar-refractivity contribution in [1.29, 1.82) is 0 Å². The van der Waals surface area contributed by atoms with Crippen LogP contribution in [0.2, 0.25) is 0 Å². The molecule has 6 atom stereocenters. The Bertz CT molecular complexity index is 752. The Hall–Kier alpha value is -1.65. The minimum absolute atomic E-state index is 0.0125. The van der Waals surface area contributed by atoms with Gasteiger partial charge in [0.05, 0.1) is 0 Å². The summed E-state index contributed by atoms with van der Waals surface area (Å²) in [7, 11) is 0. The van der Waals surface area contributed by atoms with Crippen LogP contribution in [0.5, 0.6) is 0 Å². The van der Waals surface area contributed by atoms with Gasteiger partial charge in [0, 0.05) is 31.3 Å². The highest BCUT2D eigenvalue weighted by molar-refractivity contribution is 5.99. The topological polar surface area (TPSA) is 69.7 Å². The zero-order valence-corrected chi connectivity index (χ0v) is 17.5. The number of ether oxygens (including phenoxy) is 2. The van der Waals surface area contributed by atoms with E-state index in [1.54, 1.807) is 0 Å². The summed E-state index contributed by atoms with van der Waals surface area (Å²) in [5.74, 6) is 0.526. The van der Waals surface area contributed by atoms with Crippen molar-refractivity contribution in [3.8, 4) is 0 Å². The molecule has 0 unspecified atom stereocenters. The number of fused-ring (bicyclic) bond motifs is 4. The third kappa shape index (κ3) is 2.93. The van der Waals surface area contributed by atoms with Crippen LogP contribution in [0.25, 0.3) is 0 Å². The number of carbonyl (C=O) groups excluding carboxylic acids is 3. The number of carbonyl (C=O) groups is 3. The number of hydrogen-bond acceptors (Lipinski definition) is 5. The fourth-order valence-electron chi connectivity index (χ4n) is 6.97. The Balaban J connectivity index is 1.65. The van der Waals surface area contributed by atoms with Gasteiger partial charge in [-0.25, -0.2) is 0 Å². The normalized spacial score (nSPS) is 42.4. The Morgan fingerprint density at radius 1 is 1.00 bits per heavy atom. The molecule has 0 aliphatic heterocycles. The molecule has 0 bridgehead atoms. The van der Waals surface area contributed by atoms with E-state index in [1.807, 2.05) is 0 Å². The van der Waals surface area contributed by atoms with Crippen molar-refractivity contribution in [2.45, 2.75) is 91.3 Å². The van der Waals surface area contributed by atoms with E-state index in [9.17, 15) is 14.4 Å². The third-order valence-electron chi connectivity index (χ3n) is 8.22. The van der Waals surface area contributed by atoms with Crippen molar-refractivity contribution in [2.24, 2.45) is 22.7 Å². The number of allylic oxidation sites excluding steroid dienone is 2. The molecule has 0 aromatic heterocycles. The highest BCUT2D eigenvalue weighted by Gasteiger charge is 2.59. The maximum absolute atomic E-state index is 13.4. The molecule has 154 valence electrons. The van der Waals surface area contributed by atoms with Gasteiger partial charge in [0.1, 0.15) is 12.2 Å². The predicted molar refractivity (Wildman–Crippen MR) is 103 cm³/mol. The van der Waals surface area contributed by atoms with Gasteiger partial charge in [-0.3, -0.25) is 14.4 Å². The number of rotatable bonds is 2. The van der Waals surface area contributed by atoms with Crippen molar-refractivity contribution in [1.82, 2.24) is 0 Å². The molecular weight excluding hydrogens is 356 g/mol. The van der Waals surface area contributed by atoms with E-state index in [0.717, 1.165) is 50.5 Å². The standard InChI is InChI=1S/C23H32O5/c1-13(24)27-16-9-10-22(3)15(11-16)5-6-17-18-7-8-20(28-14(2)25)23(18,4)12-19(26)21(17)22/h15-16,18,20H,5-12H2,1-4H3/t15-,16+,18-,20+,22-,23-/m0/s1. The van der Waals surface area contributed by atoms with Crippen molar-refractivity contribution < 1.29 is 23.9 Å². The summed E-state index contributed by atoms with van der Waals surface area (Å²) in [6, 6.07) is 0. The first kappa shape index (κ1) is 19.7. The molecular formula is C23H32O5. The quantitative estimate of drug-likeness (QED) is 0.665. The SMILES string of the molecule is CC(=O)O[C@@H]1CC[C@]2(C)C3=C(CC[C@H]2C1)[C@@H]1CC[C@@H](OC(C)=O)[C@@]1(C)CC3=O. The molecule has 0 aromatic rings. The highest BCUT2D eigenvalue weighted by Crippen LogP contribution is 2.63. The first-order valence-electron chi connectivity index (χ1n) is 10.8. The minimum Gasteiger partial charge on any atom is -0.463 e. The van der Waals surface area contributed by atoms with Crippen molar-refractivity contribution in [3.63, 3.8) is 0 Å². The predicted octanol–water partition coefficient (Wildman–Crippen LogP) is 4.14. The zero-order chi connectivity index (χ0) is 20.3. The van der Waals surface area contributed by atoms with Crippen molar-refractivity contribution >= 4 is 17.7 Å². The smallest absolute Gasteiger partial charge is 0.302 e. The summed E-state index contributed by atoms with van der Waals surface area (Å²) in [5.41, 5.74) is 2.05. The van der Waals surface area contributed by atoms with E-state index in [-0.39, 0.29) is 40.8 Å². The first-order chi connectivity index (χ1) is 13.1. The van der Waals surface area contributed by atoms with E-state index < -0.39 is 0 Å². The Labute approximate surface area is 167 Å². The van der Waals surface area contributed by atoms with Gasteiger partial charge in [0.2, 0.25) is 0 Å². The van der Waals surface area contributed by atoms with Gasteiger partial charge in [0.25, 0.3) is 0 Å². The summed E-state index contributed by atoms with van der Waals surface area (Å²) in [4.78, 5) is 36.4. The number of ketones is 1. The maximum atomic E-state index is 13.4. The van der Waals surface area contributed by atoms with Gasteiger partial charge in [0.15, 0.2) is 5.78 Å². The fourth-order valence-corrected chi connectivity index (χ4v) is 6.97. The van der Waals surface area contributed by atoms with E-state index in [1.165, 1.54) is 19.4 Å². The molecule has 5 heteroatoms. The second-order valence-corrected chi connectivity index (χ2v) is 9.89. The van der Waals surface area contributed by atoms with Gasteiger partial charge in [-0.15, -0.1) is 0 Å². The maximum Gasteiger partial charge on any atom is 0.302 e. The molecule has 0 saturated heterocycles. The fraction of sp³-hybridized carbons (Fsp3) is 0.783. The first-order valence-corrected chi connectivity index (χ1v) is 10.8. The van der Waals surface area contributed by atoms with Gasteiger partial charge >= 0.3 is 11.9 Å². The van der Waals surface area contributed by atoms with Crippen LogP contribution in [0.1, 0.15) is 79.1 Å². The monoisotopic (exact) mass is 388 g/mol. The van der Waals surface area contributed by atoms with Crippen LogP contribution in [0.3, 0.4) is 0 Å². The number of esters is 2. The van der Waals surface area contributed by atoms with E-state index in [2.05, 4.69) is 13.8 Å². The summed E-state index contributed by atoms with van der Waals surface area (Å²) in [6.45, 7) is 7.33. The van der Waals surface area contributed by atoms with Crippen LogP contribution in [0.4, 0.5) is 0 Å². The van der Waals surface area contributed by atoms with Crippen molar-refractivity contribution in [2.75, 3.05) is 0 Å². The summed E-state index contributed by atoms with van der Waals surface area (Å²) in [5, 5.41) is 0. The lowest BCUT2D eigenvalue weighted by Gasteiger charge is -2.53. The van der Waals surface area contributed by atoms with Crippen LogP contribution in [0.15, 0.2) is 11.1 Å². The zero-order valence-electron chi connectivity index (χ0n) is 17.5. The van der Waals surface area contributed by atoms with Crippen LogP contribution < -0.4 is 0 Å². The molecule has 0 N–H and O–H groups in total. The minimum atomic E-state index is -0.264. The molecule has 4 aliphatic rings. The van der Waals surface area contributed by atoms with Gasteiger partial charge in [-0.1, -0.05) is 19.4 Å². The average Bonchev–Trinajstić information content (AvgIpc) is 2.90. The molecule has 0 aromatic carbocycles. The molecule has 0 heterocycles. The third-order valence-corrected chi connectivity index (χ3v) is 8.22.